The van der Waals surface area contributed by atoms with Crippen LogP contribution in [0.25, 0.3) is 22.5 Å². The average molecular weight is 735 g/mol. The molecule has 1 aliphatic heterocycles. The molecule has 0 atom stereocenters. The molecule has 0 saturated carbocycles. The number of pyridine rings is 2. The molecular formula is C38H30BN3Pt. The van der Waals surface area contributed by atoms with Gasteiger partial charge in [-0.1, -0.05) is 59.7 Å². The van der Waals surface area contributed by atoms with Crippen LogP contribution >= 0.6 is 0 Å². The van der Waals surface area contributed by atoms with Gasteiger partial charge >= 0.3 is 21.1 Å². The second-order valence-electron chi connectivity index (χ2n) is 11.2. The number of hydrogen-bond donors (Lipinski definition) is 0. The number of rotatable bonds is 4. The minimum absolute atomic E-state index is 0. The van der Waals surface area contributed by atoms with Crippen LogP contribution in [0.15, 0.2) is 109 Å². The van der Waals surface area contributed by atoms with E-state index in [1.807, 2.05) is 12.4 Å². The summed E-state index contributed by atoms with van der Waals surface area (Å²) in [6.45, 7) is 8.34. The van der Waals surface area contributed by atoms with Gasteiger partial charge in [-0.05, 0) is 79.6 Å². The van der Waals surface area contributed by atoms with Crippen molar-refractivity contribution in [2.24, 2.45) is 0 Å². The molecule has 0 spiro atoms. The second kappa shape index (κ2) is 11.8. The fourth-order valence-electron chi connectivity index (χ4n) is 6.24. The quantitative estimate of drug-likeness (QED) is 0.145. The number of nitrogens with zero attached hydrogens (tertiary/aromatic N) is 3. The summed E-state index contributed by atoms with van der Waals surface area (Å²) in [4.78, 5) is 12.0. The molecule has 0 unspecified atom stereocenters. The van der Waals surface area contributed by atoms with E-state index in [1.165, 1.54) is 5.46 Å². The van der Waals surface area contributed by atoms with Crippen LogP contribution in [-0.2, 0) is 21.1 Å². The van der Waals surface area contributed by atoms with Gasteiger partial charge in [-0.3, -0.25) is 0 Å². The standard InChI is InChI=1S/C38H30BN3.Pt/c1-25-19-27(3)37(40-23-25)29-11-10-12-31(21-29)39-33-15-8-9-16-35(33)42(32-13-6-5-7-14-32)36-18-17-30(22-34(36)39)38-28(4)20-26(2)24-41-38;/h5-20,23-24H,1-4H3;/q-2;+2. The molecule has 0 N–H and O–H groups in total. The number of benzene rings is 4. The van der Waals surface area contributed by atoms with E-state index in [4.69, 9.17) is 9.97 Å². The summed E-state index contributed by atoms with van der Waals surface area (Å²) < 4.78 is 0. The zero-order valence-electron chi connectivity index (χ0n) is 24.6. The maximum atomic E-state index is 4.83. The van der Waals surface area contributed by atoms with Crippen molar-refractivity contribution in [1.29, 1.82) is 0 Å². The van der Waals surface area contributed by atoms with Gasteiger partial charge in [-0.15, -0.1) is 59.1 Å². The predicted molar refractivity (Wildman–Crippen MR) is 175 cm³/mol. The van der Waals surface area contributed by atoms with Crippen molar-refractivity contribution in [3.05, 3.63) is 144 Å². The smallest absolute Gasteiger partial charge is 0.353 e. The summed E-state index contributed by atoms with van der Waals surface area (Å²) in [6, 6.07) is 42.1. The van der Waals surface area contributed by atoms with Gasteiger partial charge in [0, 0.05) is 23.8 Å². The molecule has 2 aromatic heterocycles. The van der Waals surface area contributed by atoms with Crippen LogP contribution in [0.5, 0.6) is 0 Å². The molecule has 43 heavy (non-hydrogen) atoms. The average Bonchev–Trinajstić information content (AvgIpc) is 3.00. The summed E-state index contributed by atoms with van der Waals surface area (Å²) in [5, 5.41) is 0. The van der Waals surface area contributed by atoms with E-state index in [0.29, 0.717) is 0 Å². The normalized spacial score (nSPS) is 11.9. The molecule has 0 bridgehead atoms. The van der Waals surface area contributed by atoms with E-state index >= 15 is 0 Å². The first-order chi connectivity index (χ1) is 20.5. The van der Waals surface area contributed by atoms with Crippen LogP contribution in [0, 0.1) is 39.8 Å². The third-order valence-electron chi connectivity index (χ3n) is 8.05. The van der Waals surface area contributed by atoms with Gasteiger partial charge in [0.15, 0.2) is 0 Å². The molecule has 0 amide bonds. The Morgan fingerprint density at radius 1 is 0.605 bits per heavy atom. The SMILES string of the molecule is Cc1cnc(-c2[c-]c(B3c4[c-]c(-c5ncc(C)cc5C)ccc4N(c4ccccc4)c4ccccc43)ccc2)c(C)c1.[Pt+2]. The molecule has 7 rings (SSSR count). The van der Waals surface area contributed by atoms with Gasteiger partial charge in [0.05, 0.1) is 0 Å². The maximum absolute atomic E-state index is 4.83. The van der Waals surface area contributed by atoms with Crippen LogP contribution < -0.4 is 21.3 Å². The number of aromatic nitrogens is 2. The molecule has 0 aliphatic carbocycles. The van der Waals surface area contributed by atoms with E-state index in [2.05, 4.69) is 142 Å². The van der Waals surface area contributed by atoms with Gasteiger partial charge in [-0.25, -0.2) is 0 Å². The topological polar surface area (TPSA) is 29.0 Å². The van der Waals surface area contributed by atoms with Crippen LogP contribution in [0.4, 0.5) is 17.1 Å². The van der Waals surface area contributed by atoms with Crippen molar-refractivity contribution in [3.63, 3.8) is 0 Å². The van der Waals surface area contributed by atoms with Gasteiger partial charge in [0.1, 0.15) is 0 Å². The minimum atomic E-state index is -0.0624. The first-order valence-electron chi connectivity index (χ1n) is 14.4. The molecule has 0 radical (unpaired) electrons. The van der Waals surface area contributed by atoms with Crippen LogP contribution in [0.1, 0.15) is 22.3 Å². The summed E-state index contributed by atoms with van der Waals surface area (Å²) in [5.41, 5.74) is 15.4. The van der Waals surface area contributed by atoms with Gasteiger partial charge < -0.3 is 14.9 Å². The second-order valence-corrected chi connectivity index (χ2v) is 11.2. The zero-order chi connectivity index (χ0) is 28.8. The molecule has 6 aromatic rings. The van der Waals surface area contributed by atoms with Gasteiger partial charge in [-0.2, -0.15) is 5.46 Å². The van der Waals surface area contributed by atoms with Crippen molar-refractivity contribution < 1.29 is 21.1 Å². The number of anilines is 3. The van der Waals surface area contributed by atoms with Crippen molar-refractivity contribution in [2.75, 3.05) is 4.90 Å². The maximum Gasteiger partial charge on any atom is 2.00 e. The van der Waals surface area contributed by atoms with E-state index < -0.39 is 0 Å². The monoisotopic (exact) mass is 734 g/mol. The number of aryl methyl sites for hydroxylation is 4. The van der Waals surface area contributed by atoms with Crippen LogP contribution in [0.2, 0.25) is 0 Å². The Balaban J connectivity index is 0.00000329. The van der Waals surface area contributed by atoms with Gasteiger partial charge in [0.25, 0.3) is 0 Å². The van der Waals surface area contributed by atoms with Crippen molar-refractivity contribution in [2.45, 2.75) is 27.7 Å². The molecule has 5 heteroatoms. The first-order valence-corrected chi connectivity index (χ1v) is 14.4. The summed E-state index contributed by atoms with van der Waals surface area (Å²) in [6.07, 6.45) is 3.87. The Labute approximate surface area is 269 Å². The van der Waals surface area contributed by atoms with E-state index in [-0.39, 0.29) is 27.8 Å². The number of fused-ring (bicyclic) bond motifs is 2. The largest absolute Gasteiger partial charge is 2.00 e. The first kappa shape index (κ1) is 28.8. The Bertz CT molecular complexity index is 1950. The summed E-state index contributed by atoms with van der Waals surface area (Å²) in [5.74, 6) is 0. The zero-order valence-corrected chi connectivity index (χ0v) is 26.9. The third kappa shape index (κ3) is 5.26. The van der Waals surface area contributed by atoms with Crippen molar-refractivity contribution in [1.82, 2.24) is 9.97 Å². The fourth-order valence-corrected chi connectivity index (χ4v) is 6.24. The van der Waals surface area contributed by atoms with Gasteiger partial charge in [0.2, 0.25) is 6.71 Å². The Hall–Kier alpha value is -4.27. The molecule has 3 nitrogen and oxygen atoms in total. The Morgan fingerprint density at radius 2 is 1.23 bits per heavy atom. The molecule has 1 aliphatic rings. The predicted octanol–water partition coefficient (Wildman–Crippen LogP) is 6.94. The van der Waals surface area contributed by atoms with Crippen LogP contribution in [0.3, 0.4) is 0 Å². The molecular weight excluding hydrogens is 704 g/mol. The molecule has 3 heterocycles. The summed E-state index contributed by atoms with van der Waals surface area (Å²) >= 11 is 0. The summed E-state index contributed by atoms with van der Waals surface area (Å²) in [7, 11) is 0. The third-order valence-corrected chi connectivity index (χ3v) is 8.05. The van der Waals surface area contributed by atoms with Crippen molar-refractivity contribution in [3.8, 4) is 22.5 Å². The molecule has 4 aromatic carbocycles. The molecule has 210 valence electrons. The minimum Gasteiger partial charge on any atom is -0.353 e. The number of para-hydroxylation sites is 2. The molecule has 0 saturated heterocycles. The molecule has 0 fully saturated rings. The van der Waals surface area contributed by atoms with Crippen LogP contribution in [-0.4, -0.2) is 16.7 Å². The van der Waals surface area contributed by atoms with E-state index in [0.717, 1.165) is 72.8 Å². The Kier molecular flexibility index (Phi) is 7.90. The van der Waals surface area contributed by atoms with Crippen molar-refractivity contribution >= 4 is 40.2 Å². The number of hydrogen-bond acceptors (Lipinski definition) is 3. The van der Waals surface area contributed by atoms with E-state index in [1.54, 1.807) is 0 Å². The fraction of sp³-hybridized carbons (Fsp3) is 0.105. The Morgan fingerprint density at radius 3 is 1.91 bits per heavy atom. The van der Waals surface area contributed by atoms with E-state index in [9.17, 15) is 0 Å².